The van der Waals surface area contributed by atoms with Crippen LogP contribution in [0.4, 0.5) is 0 Å². The molecule has 1 aliphatic heterocycles. The van der Waals surface area contributed by atoms with Crippen LogP contribution in [0.25, 0.3) is 0 Å². The second kappa shape index (κ2) is 264. The number of piperidine rings is 1. The number of rotatable bonds is 4. The molecule has 1 amide bonds. The first-order valence-electron chi connectivity index (χ1n) is 25.4. The van der Waals surface area contributed by atoms with Gasteiger partial charge in [-0.25, -0.2) is 0 Å². The zero-order valence-corrected chi connectivity index (χ0v) is 59.2. The maximum absolute atomic E-state index is 10.7. The van der Waals surface area contributed by atoms with Gasteiger partial charge < -0.3 is 122 Å². The second-order valence-corrected chi connectivity index (χ2v) is 13.4. The van der Waals surface area contributed by atoms with Crippen LogP contribution in [0.15, 0.2) is 60.7 Å². The van der Waals surface area contributed by atoms with Gasteiger partial charge in [0.25, 0.3) is 0 Å². The van der Waals surface area contributed by atoms with Crippen molar-refractivity contribution >= 4 is 73.8 Å². The van der Waals surface area contributed by atoms with Crippen LogP contribution in [0.5, 0.6) is 0 Å². The molecular weight excluding hydrogens is 1080 g/mol. The standard InChI is InChI=1S/2C8H10.C7H13NO.C6H14O.C5H12.C4H10.C3H8O.2C2H6.5CH5N.10CH2O.5H3N/c2*1-2-8-6-4-3-5-7-8;1-7(9)8-5-3-2-4-6-8;1-5-7-6(2,3)4;1-4-5(2)3;1-4(2)3;1-3(2)4;17*1-2;;;;;/h2*3-7H,2H2,1H3;2-6H2,1H3;5H2,1-4H3;5H,4H2,1-3H3;4H,1-3H3;3-4H,1-2H3;2*1-2H3;5*2H2,1H3;10*1H2;5*1H3. The lowest BCUT2D eigenvalue weighted by molar-refractivity contribution is -0.129. The number of carbonyl (C=O) groups excluding carboxylic acids is 11. The number of nitrogens with two attached hydrogens (primary N) is 5. The van der Waals surface area contributed by atoms with Crippen LogP contribution in [0, 0.1) is 11.8 Å². The van der Waals surface area contributed by atoms with Gasteiger partial charge in [-0.2, -0.15) is 0 Å². The van der Waals surface area contributed by atoms with E-state index in [4.69, 9.17) is 57.8 Å². The van der Waals surface area contributed by atoms with E-state index < -0.39 is 0 Å². The molecule has 1 fully saturated rings. The number of aliphatic hydroxyl groups excluding tert-OH is 1. The SMILES string of the molecule is C=O.C=O.C=O.C=O.C=O.C=O.C=O.C=O.C=O.C=O.CC.CC.CC(=O)N1CCCCC1.CC(C)C.CC(C)O.CCC(C)C.CCOC(C)(C)C.CCc1ccccc1.CCc1ccccc1.CN.CN.CN.CN.CN.N.N.N.N.N. The number of nitrogens with zero attached hydrogens (tertiary/aromatic N) is 1. The Morgan fingerprint density at radius 3 is 0.702 bits per heavy atom. The molecule has 0 atom stereocenters. The smallest absolute Gasteiger partial charge is 0.219 e. The molecule has 2 aromatic rings. The fourth-order valence-corrected chi connectivity index (χ4v) is 3.07. The Morgan fingerprint density at radius 2 is 0.631 bits per heavy atom. The van der Waals surface area contributed by atoms with Gasteiger partial charge in [0.05, 0.1) is 5.60 Å². The molecule has 1 aliphatic rings. The van der Waals surface area contributed by atoms with Gasteiger partial charge in [-0.15, -0.1) is 0 Å². The Labute approximate surface area is 519 Å². The Hall–Kier alpha value is -5.87. The lowest BCUT2D eigenvalue weighted by atomic mass is 10.1. The number of aryl methyl sites for hydroxylation is 2. The molecule has 24 heteroatoms. The van der Waals surface area contributed by atoms with Crippen molar-refractivity contribution in [2.24, 2.45) is 40.5 Å². The number of hydrogen-bond acceptors (Lipinski definition) is 23. The number of likely N-dealkylation sites (tertiary alicyclic amines) is 1. The summed E-state index contributed by atoms with van der Waals surface area (Å²) in [6.45, 7) is 61.5. The van der Waals surface area contributed by atoms with Crippen molar-refractivity contribution in [3.63, 3.8) is 0 Å². The summed E-state index contributed by atoms with van der Waals surface area (Å²) in [5.41, 5.74) is 25.4. The van der Waals surface area contributed by atoms with Crippen LogP contribution >= 0.6 is 0 Å². The Morgan fingerprint density at radius 1 is 0.464 bits per heavy atom. The Balaban J connectivity index is -0.0000000179. The van der Waals surface area contributed by atoms with E-state index in [0.29, 0.717) is 0 Å². The minimum Gasteiger partial charge on any atom is -0.394 e. The van der Waals surface area contributed by atoms with Crippen LogP contribution in [0.1, 0.15) is 168 Å². The number of aliphatic hydroxyl groups is 1. The zero-order chi connectivity index (χ0) is 69.7. The lowest BCUT2D eigenvalue weighted by Crippen LogP contribution is -2.33. The number of carbonyl (C=O) groups is 11. The van der Waals surface area contributed by atoms with E-state index in [0.717, 1.165) is 44.4 Å². The summed E-state index contributed by atoms with van der Waals surface area (Å²) in [6, 6.07) is 20.9. The van der Waals surface area contributed by atoms with E-state index >= 15 is 0 Å². The zero-order valence-electron chi connectivity index (χ0n) is 59.2. The molecule has 1 heterocycles. The summed E-state index contributed by atoms with van der Waals surface area (Å²) < 4.78 is 5.23. The average molecular weight is 1230 g/mol. The van der Waals surface area contributed by atoms with Crippen LogP contribution < -0.4 is 59.4 Å². The van der Waals surface area contributed by atoms with Crippen molar-refractivity contribution in [3.05, 3.63) is 71.8 Å². The topological polar surface area (TPSA) is 526 Å². The summed E-state index contributed by atoms with van der Waals surface area (Å²) in [4.78, 5) is 92.6. The van der Waals surface area contributed by atoms with E-state index in [-0.39, 0.29) is 48.4 Å². The summed E-state index contributed by atoms with van der Waals surface area (Å²) in [6.07, 6.45) is 7.10. The molecule has 0 radical (unpaired) electrons. The van der Waals surface area contributed by atoms with Crippen LogP contribution in [0.3, 0.4) is 0 Å². The highest BCUT2D eigenvalue weighted by Gasteiger charge is 2.11. The summed E-state index contributed by atoms with van der Waals surface area (Å²) >= 11 is 0. The second-order valence-electron chi connectivity index (χ2n) is 13.4. The van der Waals surface area contributed by atoms with E-state index in [1.807, 2.05) is 120 Å². The number of amides is 1. The van der Waals surface area contributed by atoms with Gasteiger partial charge in [0.1, 0.15) is 67.9 Å². The first-order chi connectivity index (χ1) is 38.0. The van der Waals surface area contributed by atoms with Gasteiger partial charge in [0, 0.05) is 32.7 Å². The van der Waals surface area contributed by atoms with Crippen LogP contribution in [-0.4, -0.2) is 150 Å². The summed E-state index contributed by atoms with van der Waals surface area (Å²) in [7, 11) is 7.50. The molecule has 84 heavy (non-hydrogen) atoms. The quantitative estimate of drug-likeness (QED) is 0.135. The fourth-order valence-electron chi connectivity index (χ4n) is 3.07. The van der Waals surface area contributed by atoms with Gasteiger partial charge in [0.2, 0.25) is 5.91 Å². The van der Waals surface area contributed by atoms with Gasteiger partial charge in [-0.1, -0.05) is 150 Å². The fraction of sp³-hybridized carbons (Fsp3) is 0.617. The van der Waals surface area contributed by atoms with E-state index in [1.165, 1.54) is 72.0 Å². The number of hydrogen-bond donors (Lipinski definition) is 11. The van der Waals surface area contributed by atoms with E-state index in [2.05, 4.69) is 153 Å². The molecule has 0 spiro atoms. The van der Waals surface area contributed by atoms with Crippen LogP contribution in [-0.2, 0) is 70.3 Å². The van der Waals surface area contributed by atoms with Crippen molar-refractivity contribution in [1.82, 2.24) is 35.7 Å². The molecule has 2 aromatic carbocycles. The molecule has 522 valence electrons. The molecule has 24 nitrogen and oxygen atoms in total. The highest BCUT2D eigenvalue weighted by molar-refractivity contribution is 5.73. The molecule has 3 rings (SSSR count). The molecule has 26 N–H and O–H groups in total. The average Bonchev–Trinajstić information content (AvgIpc) is 3.54. The molecule has 0 unspecified atom stereocenters. The number of ether oxygens (including phenoxy) is 1. The molecule has 0 aromatic heterocycles. The Kier molecular flexibility index (Phi) is 538. The summed E-state index contributed by atoms with van der Waals surface area (Å²) in [5.74, 6) is 1.95. The van der Waals surface area contributed by atoms with Crippen molar-refractivity contribution < 1.29 is 62.6 Å². The van der Waals surface area contributed by atoms with Crippen molar-refractivity contribution in [2.45, 2.75) is 182 Å². The predicted molar refractivity (Wildman–Crippen MR) is 372 cm³/mol. The van der Waals surface area contributed by atoms with Gasteiger partial charge in [0.15, 0.2) is 0 Å². The van der Waals surface area contributed by atoms with Crippen molar-refractivity contribution in [2.75, 3.05) is 54.9 Å². The van der Waals surface area contributed by atoms with Gasteiger partial charge in [-0.3, -0.25) is 4.79 Å². The third-order valence-electron chi connectivity index (χ3n) is 5.70. The molecule has 0 saturated carbocycles. The predicted octanol–water partition coefficient (Wildman–Crippen LogP) is 10.3. The first-order valence-corrected chi connectivity index (χ1v) is 25.4. The van der Waals surface area contributed by atoms with Crippen molar-refractivity contribution in [1.29, 1.82) is 0 Å². The van der Waals surface area contributed by atoms with E-state index in [9.17, 15) is 4.79 Å². The maximum Gasteiger partial charge on any atom is 0.219 e. The number of benzene rings is 2. The first kappa shape index (κ1) is 171. The highest BCUT2D eigenvalue weighted by atomic mass is 16.5. The normalized spacial score (nSPS) is 7.27. The lowest BCUT2D eigenvalue weighted by Gasteiger charge is -2.24. The molecule has 0 aliphatic carbocycles. The third-order valence-corrected chi connectivity index (χ3v) is 5.70. The molecule has 1 saturated heterocycles. The molecule has 0 bridgehead atoms. The van der Waals surface area contributed by atoms with Crippen LogP contribution in [0.2, 0.25) is 0 Å². The minimum absolute atomic E-state index is 0. The van der Waals surface area contributed by atoms with Gasteiger partial charge in [-0.05, 0) is 132 Å². The Bertz CT molecular complexity index is 964. The minimum atomic E-state index is -0.167. The monoisotopic (exact) mass is 1230 g/mol. The highest BCUT2D eigenvalue weighted by Crippen LogP contribution is 2.08. The van der Waals surface area contributed by atoms with Gasteiger partial charge >= 0.3 is 0 Å². The van der Waals surface area contributed by atoms with Crippen molar-refractivity contribution in [3.8, 4) is 0 Å². The molecular formula is C60H149N11O13. The maximum atomic E-state index is 10.7. The van der Waals surface area contributed by atoms with E-state index in [1.54, 1.807) is 20.8 Å². The largest absolute Gasteiger partial charge is 0.394 e. The summed E-state index contributed by atoms with van der Waals surface area (Å²) in [5, 5.41) is 8.06. The third kappa shape index (κ3) is 416.